The summed E-state index contributed by atoms with van der Waals surface area (Å²) in [6.45, 7) is 2.79. The number of carbonyl (C=O) groups excluding carboxylic acids is 2. The molecule has 0 amide bonds. The molecule has 2 heterocycles. The number of hydrogen-bond acceptors (Lipinski definition) is 10. The molecule has 8 N–H and O–H groups in total. The van der Waals surface area contributed by atoms with E-state index in [9.17, 15) is 24.9 Å². The number of hydrogen-bond donors (Lipinski definition) is 7. The molecule has 3 aromatic carbocycles. The van der Waals surface area contributed by atoms with Crippen molar-refractivity contribution in [3.05, 3.63) is 124 Å². The number of ketones is 2. The molecule has 1 fully saturated rings. The van der Waals surface area contributed by atoms with E-state index in [0.29, 0.717) is 53.7 Å². The van der Waals surface area contributed by atoms with Gasteiger partial charge in [0, 0.05) is 19.2 Å². The van der Waals surface area contributed by atoms with Crippen LogP contribution in [0.2, 0.25) is 0 Å². The van der Waals surface area contributed by atoms with Crippen molar-refractivity contribution in [2.45, 2.75) is 96.1 Å². The number of ether oxygens (including phenoxy) is 1. The van der Waals surface area contributed by atoms with E-state index in [2.05, 4.69) is 64.5 Å². The molecule has 0 saturated carbocycles. The van der Waals surface area contributed by atoms with Crippen LogP contribution < -0.4 is 26.4 Å². The van der Waals surface area contributed by atoms with Gasteiger partial charge in [0.2, 0.25) is 0 Å². The van der Waals surface area contributed by atoms with Gasteiger partial charge >= 0.3 is 0 Å². The van der Waals surface area contributed by atoms with Crippen LogP contribution in [-0.4, -0.2) is 80.1 Å². The lowest BCUT2D eigenvalue weighted by molar-refractivity contribution is -0.124. The lowest BCUT2D eigenvalue weighted by Crippen LogP contribution is -2.36. The fourth-order valence-electron chi connectivity index (χ4n) is 9.18. The molecule has 2 aliphatic rings. The van der Waals surface area contributed by atoms with Crippen molar-refractivity contribution >= 4 is 17.1 Å². The maximum Gasteiger partial charge on any atom is 0.163 e. The smallest absolute Gasteiger partial charge is 0.163 e. The molecule has 0 radical (unpaired) electrons. The van der Waals surface area contributed by atoms with Crippen molar-refractivity contribution in [1.82, 2.24) is 16.0 Å². The standard InChI is InChI=1S/C51H70N4O6/c1-53-33-43(40-20-22-54-23-21-40)26-37(14-8-24-56)13-7-15-46(58)31-47(59)28-45(35-57)48-32-50(61-2)49(60)29-42(48)27-44-34-55-51(52)30-41(44)19-18-39-12-6-11-38(25-39)17-16-36-9-4-3-5-10-36/h3-6,9-12,25,28-30,32,34,37,40,43,51,53-57,60H,7-8,13-24,26-27,31,33,35,52H2,1-2H3/b45-28+/t37-,43-,51?/m0/s1. The second kappa shape index (κ2) is 25.4. The second-order valence-electron chi connectivity index (χ2n) is 17.0. The molecule has 1 unspecified atom stereocenters. The zero-order valence-electron chi connectivity index (χ0n) is 36.5. The second-order valence-corrected chi connectivity index (χ2v) is 17.0. The van der Waals surface area contributed by atoms with E-state index in [1.807, 2.05) is 25.4 Å². The SMILES string of the molecule is CNC[C@H](C[C@H](CCCO)CCCC(=O)CC(=O)/C=C(\CO)c1cc(OC)c(O)cc1CC1=CNC(N)C=C1CCc1cccc(CCc2ccccc2)c1)C1CCNCC1. The molecule has 10 heteroatoms. The van der Waals surface area contributed by atoms with Gasteiger partial charge in [0.05, 0.1) is 26.3 Å². The van der Waals surface area contributed by atoms with Crippen LogP contribution in [0.25, 0.3) is 5.57 Å². The first-order valence-electron chi connectivity index (χ1n) is 22.4. The summed E-state index contributed by atoms with van der Waals surface area (Å²) in [6, 6.07) is 22.5. The zero-order chi connectivity index (χ0) is 43.4. The molecule has 2 aliphatic heterocycles. The van der Waals surface area contributed by atoms with Crippen molar-refractivity contribution < 1.29 is 29.6 Å². The Morgan fingerprint density at radius 1 is 0.918 bits per heavy atom. The van der Waals surface area contributed by atoms with Gasteiger partial charge in [-0.3, -0.25) is 9.59 Å². The minimum atomic E-state index is -0.441. The number of phenols is 1. The van der Waals surface area contributed by atoms with Crippen LogP contribution in [-0.2, 0) is 35.3 Å². The van der Waals surface area contributed by atoms with Gasteiger partial charge in [0.25, 0.3) is 0 Å². The van der Waals surface area contributed by atoms with Gasteiger partial charge in [-0.2, -0.15) is 0 Å². The summed E-state index contributed by atoms with van der Waals surface area (Å²) in [4.78, 5) is 26.6. The van der Waals surface area contributed by atoms with Crippen molar-refractivity contribution in [2.75, 3.05) is 47.0 Å². The fourth-order valence-corrected chi connectivity index (χ4v) is 9.18. The number of dihydropyridines is 1. The van der Waals surface area contributed by atoms with Crippen LogP contribution in [0.3, 0.4) is 0 Å². The quantitative estimate of drug-likeness (QED) is 0.0340. The molecule has 3 aromatic rings. The van der Waals surface area contributed by atoms with Crippen molar-refractivity contribution in [3.8, 4) is 11.5 Å². The molecular formula is C51H70N4O6. The van der Waals surface area contributed by atoms with Gasteiger partial charge < -0.3 is 41.7 Å². The predicted octanol–water partition coefficient (Wildman–Crippen LogP) is 6.75. The molecule has 0 aliphatic carbocycles. The average molecular weight is 835 g/mol. The lowest BCUT2D eigenvalue weighted by atomic mass is 9.77. The minimum absolute atomic E-state index is 0.0516. The first-order valence-corrected chi connectivity index (χ1v) is 22.4. The molecule has 0 bridgehead atoms. The van der Waals surface area contributed by atoms with Crippen LogP contribution in [0.4, 0.5) is 0 Å². The van der Waals surface area contributed by atoms with Crippen LogP contribution in [0.15, 0.2) is 96.2 Å². The average Bonchev–Trinajstić information content (AvgIpc) is 3.27. The molecule has 1 saturated heterocycles. The molecule has 330 valence electrons. The maximum absolute atomic E-state index is 13.4. The van der Waals surface area contributed by atoms with E-state index in [1.165, 1.54) is 42.7 Å². The molecule has 5 rings (SSSR count). The Balaban J connectivity index is 1.22. The highest BCUT2D eigenvalue weighted by atomic mass is 16.5. The summed E-state index contributed by atoms with van der Waals surface area (Å²) in [5, 5.41) is 41.2. The van der Waals surface area contributed by atoms with E-state index >= 15 is 0 Å². The van der Waals surface area contributed by atoms with Crippen molar-refractivity contribution in [3.63, 3.8) is 0 Å². The molecule has 10 nitrogen and oxygen atoms in total. The Morgan fingerprint density at radius 3 is 2.33 bits per heavy atom. The predicted molar refractivity (Wildman–Crippen MR) is 245 cm³/mol. The van der Waals surface area contributed by atoms with Crippen LogP contribution in [0.5, 0.6) is 11.5 Å². The third-order valence-electron chi connectivity index (χ3n) is 12.5. The normalized spacial score (nSPS) is 16.9. The third-order valence-corrected chi connectivity index (χ3v) is 12.5. The number of aliphatic hydroxyl groups excluding tert-OH is 2. The summed E-state index contributed by atoms with van der Waals surface area (Å²) in [5.41, 5.74) is 13.9. The third kappa shape index (κ3) is 15.4. The Hall–Kier alpha value is -4.58. The number of benzene rings is 3. The summed E-state index contributed by atoms with van der Waals surface area (Å²) >= 11 is 0. The van der Waals surface area contributed by atoms with Gasteiger partial charge in [-0.25, -0.2) is 0 Å². The molecule has 61 heavy (non-hydrogen) atoms. The highest BCUT2D eigenvalue weighted by molar-refractivity contribution is 6.07. The Labute approximate surface area is 363 Å². The number of nitrogens with one attached hydrogen (secondary N) is 3. The topological polar surface area (TPSA) is 166 Å². The van der Waals surface area contributed by atoms with Gasteiger partial charge in [-0.1, -0.05) is 61.0 Å². The maximum atomic E-state index is 13.4. The first-order chi connectivity index (χ1) is 29.7. The molecular weight excluding hydrogens is 765 g/mol. The highest BCUT2D eigenvalue weighted by Crippen LogP contribution is 2.36. The monoisotopic (exact) mass is 835 g/mol. The van der Waals surface area contributed by atoms with Gasteiger partial charge in [-0.05, 0) is 184 Å². The van der Waals surface area contributed by atoms with Crippen molar-refractivity contribution in [1.29, 1.82) is 0 Å². The number of aryl methyl sites for hydroxylation is 3. The Morgan fingerprint density at radius 2 is 1.62 bits per heavy atom. The number of piperidine rings is 1. The number of aliphatic hydroxyl groups is 2. The number of rotatable bonds is 26. The zero-order valence-corrected chi connectivity index (χ0v) is 36.5. The molecule has 3 atom stereocenters. The number of allylic oxidation sites excluding steroid dienone is 3. The summed E-state index contributed by atoms with van der Waals surface area (Å²) in [6.07, 6.45) is 15.6. The Bertz CT molecular complexity index is 1940. The highest BCUT2D eigenvalue weighted by Gasteiger charge is 2.26. The van der Waals surface area contributed by atoms with E-state index in [-0.39, 0.29) is 42.3 Å². The lowest BCUT2D eigenvalue weighted by Gasteiger charge is -2.33. The van der Waals surface area contributed by atoms with E-state index < -0.39 is 6.61 Å². The van der Waals surface area contributed by atoms with Crippen LogP contribution in [0.1, 0.15) is 92.0 Å². The van der Waals surface area contributed by atoms with E-state index in [1.54, 1.807) is 12.1 Å². The number of methoxy groups -OCH3 is 1. The Kier molecular flexibility index (Phi) is 19.7. The number of phenolic OH excluding ortho intramolecular Hbond substituents is 1. The summed E-state index contributed by atoms with van der Waals surface area (Å²) < 4.78 is 5.46. The fraction of sp³-hybridized carbons (Fsp3) is 0.490. The van der Waals surface area contributed by atoms with E-state index in [4.69, 9.17) is 10.5 Å². The number of aromatic hydroxyl groups is 1. The van der Waals surface area contributed by atoms with Gasteiger partial charge in [0.15, 0.2) is 17.3 Å². The minimum Gasteiger partial charge on any atom is -0.504 e. The largest absolute Gasteiger partial charge is 0.504 e. The van der Waals surface area contributed by atoms with Crippen LogP contribution >= 0.6 is 0 Å². The van der Waals surface area contributed by atoms with Crippen LogP contribution in [0, 0.1) is 17.8 Å². The van der Waals surface area contributed by atoms with E-state index in [0.717, 1.165) is 82.1 Å². The summed E-state index contributed by atoms with van der Waals surface area (Å²) in [5.74, 6) is 1.30. The van der Waals surface area contributed by atoms with Crippen molar-refractivity contribution in [2.24, 2.45) is 23.5 Å². The first kappa shape index (κ1) is 47.5. The number of nitrogens with two attached hydrogens (primary N) is 1. The molecule has 0 aromatic heterocycles. The molecule has 0 spiro atoms. The number of carbonyl (C=O) groups is 2. The summed E-state index contributed by atoms with van der Waals surface area (Å²) in [7, 11) is 3.47. The van der Waals surface area contributed by atoms with Gasteiger partial charge in [0.1, 0.15) is 5.78 Å². The van der Waals surface area contributed by atoms with Gasteiger partial charge in [-0.15, -0.1) is 0 Å². The number of Topliss-reactive ketones (excluding diaryl/α,β-unsaturated/α-hetero) is 1.